The Morgan fingerprint density at radius 3 is 2.53 bits per heavy atom. The van der Waals surface area contributed by atoms with Crippen molar-refractivity contribution >= 4 is 23.1 Å². The molecule has 30 heavy (non-hydrogen) atoms. The van der Waals surface area contributed by atoms with Crippen LogP contribution < -0.4 is 15.1 Å². The third-order valence-corrected chi connectivity index (χ3v) is 5.18. The zero-order chi connectivity index (χ0) is 21.3. The molecule has 2 fully saturated rings. The van der Waals surface area contributed by atoms with E-state index in [4.69, 9.17) is 4.74 Å². The van der Waals surface area contributed by atoms with E-state index < -0.39 is 17.8 Å². The van der Waals surface area contributed by atoms with Gasteiger partial charge >= 0.3 is 6.18 Å². The van der Waals surface area contributed by atoms with Gasteiger partial charge in [0, 0.05) is 50.4 Å². The van der Waals surface area contributed by atoms with Crippen LogP contribution in [0, 0.1) is 0 Å². The number of nitrogens with one attached hydrogen (secondary N) is 1. The summed E-state index contributed by atoms with van der Waals surface area (Å²) >= 11 is 0. The summed E-state index contributed by atoms with van der Waals surface area (Å²) in [6, 6.07) is 7.61. The van der Waals surface area contributed by atoms with Gasteiger partial charge in [-0.15, -0.1) is 0 Å². The third-order valence-electron chi connectivity index (χ3n) is 5.18. The highest BCUT2D eigenvalue weighted by molar-refractivity contribution is 5.61. The van der Waals surface area contributed by atoms with E-state index in [-0.39, 0.29) is 31.0 Å². The second-order valence-corrected chi connectivity index (χ2v) is 7.64. The topological polar surface area (TPSA) is 73.8 Å². The molecule has 0 saturated carbocycles. The number of aromatic nitrogens is 2. The molecule has 2 aliphatic rings. The Morgan fingerprint density at radius 1 is 1.13 bits per heavy atom. The van der Waals surface area contributed by atoms with Crippen LogP contribution >= 0.6 is 0 Å². The SMILES string of the molecule is CC1CN(c2ccc(Nc3ncc(C(F)(F)F)c(N4CC(O)C4)n3)cc2)CCCO1. The smallest absolute Gasteiger partial charge is 0.389 e. The number of β-amino-alcohol motifs (C(OH)–C–C–N with tert-alkyl or cyclic N) is 1. The number of benzene rings is 1. The van der Waals surface area contributed by atoms with Crippen LogP contribution in [0.1, 0.15) is 18.9 Å². The highest BCUT2D eigenvalue weighted by Crippen LogP contribution is 2.37. The molecule has 2 aromatic rings. The molecule has 1 atom stereocenters. The molecule has 162 valence electrons. The van der Waals surface area contributed by atoms with Gasteiger partial charge in [-0.2, -0.15) is 18.2 Å². The number of anilines is 4. The average Bonchev–Trinajstić information content (AvgIpc) is 2.89. The minimum absolute atomic E-state index is 0.0731. The number of nitrogens with zero attached hydrogens (tertiary/aromatic N) is 4. The predicted molar refractivity (Wildman–Crippen MR) is 107 cm³/mol. The molecule has 2 N–H and O–H groups in total. The van der Waals surface area contributed by atoms with Crippen molar-refractivity contribution in [3.8, 4) is 0 Å². The zero-order valence-electron chi connectivity index (χ0n) is 16.6. The van der Waals surface area contributed by atoms with E-state index in [0.29, 0.717) is 5.69 Å². The summed E-state index contributed by atoms with van der Waals surface area (Å²) in [7, 11) is 0. The number of alkyl halides is 3. The van der Waals surface area contributed by atoms with Crippen LogP contribution in [0.2, 0.25) is 0 Å². The van der Waals surface area contributed by atoms with Gasteiger partial charge in [0.1, 0.15) is 11.4 Å². The van der Waals surface area contributed by atoms with Gasteiger partial charge in [-0.3, -0.25) is 0 Å². The number of hydrogen-bond donors (Lipinski definition) is 2. The second-order valence-electron chi connectivity index (χ2n) is 7.64. The van der Waals surface area contributed by atoms with Crippen LogP contribution in [-0.2, 0) is 10.9 Å². The van der Waals surface area contributed by atoms with Gasteiger partial charge < -0.3 is 25.0 Å². The molecule has 4 rings (SSSR count). The first kappa shape index (κ1) is 20.7. The van der Waals surface area contributed by atoms with Gasteiger partial charge in [-0.25, -0.2) is 4.98 Å². The largest absolute Gasteiger partial charge is 0.421 e. The molecule has 0 aliphatic carbocycles. The molecular weight excluding hydrogens is 399 g/mol. The zero-order valence-corrected chi connectivity index (χ0v) is 16.6. The molecule has 2 saturated heterocycles. The van der Waals surface area contributed by atoms with Crippen molar-refractivity contribution in [2.45, 2.75) is 31.7 Å². The second kappa shape index (κ2) is 8.27. The Kier molecular flexibility index (Phi) is 5.70. The molecule has 2 aliphatic heterocycles. The Labute approximate surface area is 172 Å². The predicted octanol–water partition coefficient (Wildman–Crippen LogP) is 3.04. The summed E-state index contributed by atoms with van der Waals surface area (Å²) in [6.07, 6.45) is -3.31. The summed E-state index contributed by atoms with van der Waals surface area (Å²) in [5.74, 6) is -0.149. The van der Waals surface area contributed by atoms with Gasteiger partial charge in [-0.05, 0) is 37.6 Å². The van der Waals surface area contributed by atoms with Crippen LogP contribution in [0.25, 0.3) is 0 Å². The molecule has 1 aromatic heterocycles. The fraction of sp³-hybridized carbons (Fsp3) is 0.500. The Balaban J connectivity index is 1.50. The van der Waals surface area contributed by atoms with E-state index in [2.05, 4.69) is 20.2 Å². The quantitative estimate of drug-likeness (QED) is 0.783. The molecular formula is C20H24F3N5O2. The Bertz CT molecular complexity index is 872. The lowest BCUT2D eigenvalue weighted by Gasteiger charge is -2.38. The third kappa shape index (κ3) is 4.59. The highest BCUT2D eigenvalue weighted by Gasteiger charge is 2.39. The lowest BCUT2D eigenvalue weighted by molar-refractivity contribution is -0.137. The van der Waals surface area contributed by atoms with Crippen LogP contribution in [0.3, 0.4) is 0 Å². The van der Waals surface area contributed by atoms with Crippen molar-refractivity contribution in [3.05, 3.63) is 36.0 Å². The van der Waals surface area contributed by atoms with E-state index in [1.54, 1.807) is 0 Å². The molecule has 1 aromatic carbocycles. The standard InChI is InChI=1S/C20H24F3N5O2/c1-13-10-27(7-2-8-30-13)15-5-3-14(4-6-15)25-19-24-9-17(20(21,22)23)18(26-19)28-11-16(29)12-28/h3-6,9,13,16,29H,2,7-8,10-12H2,1H3,(H,24,25,26). The maximum absolute atomic E-state index is 13.3. The van der Waals surface area contributed by atoms with Crippen molar-refractivity contribution in [1.82, 2.24) is 9.97 Å². The minimum Gasteiger partial charge on any atom is -0.389 e. The summed E-state index contributed by atoms with van der Waals surface area (Å²) in [4.78, 5) is 11.6. The van der Waals surface area contributed by atoms with Crippen molar-refractivity contribution in [3.63, 3.8) is 0 Å². The van der Waals surface area contributed by atoms with Gasteiger partial charge in [0.05, 0.1) is 12.2 Å². The number of hydrogen-bond acceptors (Lipinski definition) is 7. The molecule has 0 spiro atoms. The maximum atomic E-state index is 13.3. The molecule has 0 amide bonds. The minimum atomic E-state index is -4.57. The number of halogens is 3. The monoisotopic (exact) mass is 423 g/mol. The van der Waals surface area contributed by atoms with Gasteiger partial charge in [0.25, 0.3) is 0 Å². The first-order valence-electron chi connectivity index (χ1n) is 9.90. The molecule has 0 radical (unpaired) electrons. The fourth-order valence-electron chi connectivity index (χ4n) is 3.62. The molecule has 0 bridgehead atoms. The lowest BCUT2D eigenvalue weighted by Crippen LogP contribution is -2.51. The van der Waals surface area contributed by atoms with Crippen LogP contribution in [0.4, 0.5) is 36.3 Å². The van der Waals surface area contributed by atoms with Crippen molar-refractivity contribution in [2.24, 2.45) is 0 Å². The number of aliphatic hydroxyl groups is 1. The normalized spacial score (nSPS) is 20.6. The van der Waals surface area contributed by atoms with E-state index in [0.717, 1.165) is 38.0 Å². The van der Waals surface area contributed by atoms with E-state index in [1.165, 1.54) is 4.90 Å². The summed E-state index contributed by atoms with van der Waals surface area (Å²) in [6.45, 7) is 4.74. The lowest BCUT2D eigenvalue weighted by atomic mass is 10.1. The number of aliphatic hydroxyl groups excluding tert-OH is 1. The van der Waals surface area contributed by atoms with Crippen molar-refractivity contribution in [2.75, 3.05) is 47.9 Å². The van der Waals surface area contributed by atoms with E-state index >= 15 is 0 Å². The van der Waals surface area contributed by atoms with Gasteiger partial charge in [-0.1, -0.05) is 0 Å². The van der Waals surface area contributed by atoms with E-state index in [1.807, 2.05) is 31.2 Å². The van der Waals surface area contributed by atoms with Crippen LogP contribution in [0.5, 0.6) is 0 Å². The Hall–Kier alpha value is -2.59. The average molecular weight is 423 g/mol. The maximum Gasteiger partial charge on any atom is 0.421 e. The highest BCUT2D eigenvalue weighted by atomic mass is 19.4. The van der Waals surface area contributed by atoms with Gasteiger partial charge in [0.15, 0.2) is 0 Å². The van der Waals surface area contributed by atoms with Crippen LogP contribution in [0.15, 0.2) is 30.5 Å². The van der Waals surface area contributed by atoms with Gasteiger partial charge in [0.2, 0.25) is 5.95 Å². The fourth-order valence-corrected chi connectivity index (χ4v) is 3.62. The molecule has 1 unspecified atom stereocenters. The Morgan fingerprint density at radius 2 is 1.87 bits per heavy atom. The van der Waals surface area contributed by atoms with E-state index in [9.17, 15) is 18.3 Å². The molecule has 7 nitrogen and oxygen atoms in total. The number of ether oxygens (including phenoxy) is 1. The van der Waals surface area contributed by atoms with Crippen LogP contribution in [-0.4, -0.2) is 60.1 Å². The molecule has 3 heterocycles. The first-order valence-corrected chi connectivity index (χ1v) is 9.90. The molecule has 10 heteroatoms. The van der Waals surface area contributed by atoms with Crippen molar-refractivity contribution < 1.29 is 23.0 Å². The summed E-state index contributed by atoms with van der Waals surface area (Å²) in [5, 5.41) is 12.4. The first-order chi connectivity index (χ1) is 14.3. The number of rotatable bonds is 4. The van der Waals surface area contributed by atoms with Crippen molar-refractivity contribution in [1.29, 1.82) is 0 Å². The summed E-state index contributed by atoms with van der Waals surface area (Å²) < 4.78 is 45.6. The summed E-state index contributed by atoms with van der Waals surface area (Å²) in [5.41, 5.74) is 0.821.